The first-order valence-electron chi connectivity index (χ1n) is 10.2. The maximum atomic E-state index is 12.3. The molecule has 0 spiro atoms. The lowest BCUT2D eigenvalue weighted by atomic mass is 10.0. The van der Waals surface area contributed by atoms with Gasteiger partial charge in [-0.15, -0.1) is 0 Å². The first-order chi connectivity index (χ1) is 13.7. The monoisotopic (exact) mass is 380 g/mol. The molecule has 2 aliphatic heterocycles. The summed E-state index contributed by atoms with van der Waals surface area (Å²) in [6, 6.07) is 8.60. The maximum Gasteiger partial charge on any atom is 0.222 e. The number of likely N-dealkylation sites (N-methyl/N-ethyl adjacent to an activating group) is 1. The molecule has 1 aromatic heterocycles. The Morgan fingerprint density at radius 2 is 1.86 bits per heavy atom. The number of amides is 1. The Balaban J connectivity index is 1.45. The molecule has 1 aromatic carbocycles. The van der Waals surface area contributed by atoms with Crippen molar-refractivity contribution in [2.75, 3.05) is 20.2 Å². The summed E-state index contributed by atoms with van der Waals surface area (Å²) in [5.74, 6) is 1.87. The SMILES string of the molecule is CCN1C(=O)CCC[C@@H]2[C@H]1CCN2Cc1cnc(-c2ccc(OC)cc2)nc1. The second kappa shape index (κ2) is 8.27. The van der Waals surface area contributed by atoms with E-state index in [1.54, 1.807) is 7.11 Å². The number of ether oxygens (including phenoxy) is 1. The van der Waals surface area contributed by atoms with Gasteiger partial charge in [0.25, 0.3) is 0 Å². The number of rotatable bonds is 5. The molecule has 2 saturated heterocycles. The van der Waals surface area contributed by atoms with Gasteiger partial charge in [0, 0.05) is 61.7 Å². The highest BCUT2D eigenvalue weighted by Gasteiger charge is 2.40. The lowest BCUT2D eigenvalue weighted by Gasteiger charge is -2.32. The molecule has 148 valence electrons. The molecule has 6 nitrogen and oxygen atoms in total. The van der Waals surface area contributed by atoms with Crippen molar-refractivity contribution in [3.63, 3.8) is 0 Å². The summed E-state index contributed by atoms with van der Waals surface area (Å²) in [4.78, 5) is 26.1. The molecule has 0 N–H and O–H groups in total. The van der Waals surface area contributed by atoms with Gasteiger partial charge in [0.2, 0.25) is 5.91 Å². The van der Waals surface area contributed by atoms with Gasteiger partial charge in [-0.3, -0.25) is 9.69 Å². The number of hydrogen-bond donors (Lipinski definition) is 0. The van der Waals surface area contributed by atoms with E-state index < -0.39 is 0 Å². The third-order valence-corrected chi connectivity index (χ3v) is 6.02. The molecule has 0 bridgehead atoms. The van der Waals surface area contributed by atoms with Gasteiger partial charge in [-0.05, 0) is 50.5 Å². The molecule has 28 heavy (non-hydrogen) atoms. The van der Waals surface area contributed by atoms with Crippen molar-refractivity contribution >= 4 is 5.91 Å². The predicted molar refractivity (Wildman–Crippen MR) is 108 cm³/mol. The number of nitrogens with zero attached hydrogens (tertiary/aromatic N) is 4. The van der Waals surface area contributed by atoms with E-state index in [0.717, 1.165) is 61.6 Å². The molecule has 6 heteroatoms. The van der Waals surface area contributed by atoms with Gasteiger partial charge in [0.05, 0.1) is 7.11 Å². The van der Waals surface area contributed by atoms with Crippen LogP contribution in [0.5, 0.6) is 5.75 Å². The van der Waals surface area contributed by atoms with Gasteiger partial charge in [-0.1, -0.05) is 0 Å². The molecule has 0 saturated carbocycles. The van der Waals surface area contributed by atoms with Crippen LogP contribution < -0.4 is 4.74 Å². The molecule has 1 amide bonds. The number of methoxy groups -OCH3 is 1. The van der Waals surface area contributed by atoms with E-state index in [4.69, 9.17) is 4.74 Å². The van der Waals surface area contributed by atoms with E-state index in [9.17, 15) is 4.79 Å². The fourth-order valence-electron chi connectivity index (χ4n) is 4.60. The predicted octanol–water partition coefficient (Wildman–Crippen LogP) is 3.13. The van der Waals surface area contributed by atoms with Gasteiger partial charge in [-0.25, -0.2) is 9.97 Å². The number of benzene rings is 1. The third kappa shape index (κ3) is 3.74. The molecule has 2 fully saturated rings. The lowest BCUT2D eigenvalue weighted by molar-refractivity contribution is -0.132. The quantitative estimate of drug-likeness (QED) is 0.798. The van der Waals surface area contributed by atoms with E-state index in [2.05, 4.69) is 26.7 Å². The van der Waals surface area contributed by atoms with E-state index in [1.165, 1.54) is 0 Å². The van der Waals surface area contributed by atoms with Gasteiger partial charge in [0.1, 0.15) is 5.75 Å². The second-order valence-electron chi connectivity index (χ2n) is 7.61. The van der Waals surface area contributed by atoms with Crippen LogP contribution in [-0.2, 0) is 11.3 Å². The Kier molecular flexibility index (Phi) is 5.57. The van der Waals surface area contributed by atoms with E-state index >= 15 is 0 Å². The molecular weight excluding hydrogens is 352 g/mol. The van der Waals surface area contributed by atoms with Gasteiger partial charge >= 0.3 is 0 Å². The van der Waals surface area contributed by atoms with Crippen molar-refractivity contribution in [2.45, 2.75) is 51.2 Å². The molecule has 0 unspecified atom stereocenters. The Morgan fingerprint density at radius 1 is 1.11 bits per heavy atom. The summed E-state index contributed by atoms with van der Waals surface area (Å²) in [7, 11) is 1.66. The number of fused-ring (bicyclic) bond motifs is 1. The fraction of sp³-hybridized carbons (Fsp3) is 0.500. The highest BCUT2D eigenvalue weighted by molar-refractivity contribution is 5.77. The summed E-state index contributed by atoms with van der Waals surface area (Å²) in [5, 5.41) is 0. The van der Waals surface area contributed by atoms with Crippen LogP contribution in [0.1, 0.15) is 38.2 Å². The molecule has 4 rings (SSSR count). The summed E-state index contributed by atoms with van der Waals surface area (Å²) in [5.41, 5.74) is 2.10. The zero-order valence-electron chi connectivity index (χ0n) is 16.7. The highest BCUT2D eigenvalue weighted by atomic mass is 16.5. The van der Waals surface area contributed by atoms with Crippen molar-refractivity contribution in [2.24, 2.45) is 0 Å². The van der Waals surface area contributed by atoms with Crippen LogP contribution in [0.3, 0.4) is 0 Å². The van der Waals surface area contributed by atoms with Crippen molar-refractivity contribution < 1.29 is 9.53 Å². The average Bonchev–Trinajstić information content (AvgIpc) is 3.03. The van der Waals surface area contributed by atoms with Crippen LogP contribution >= 0.6 is 0 Å². The van der Waals surface area contributed by atoms with Crippen LogP contribution in [0, 0.1) is 0 Å². The minimum absolute atomic E-state index is 0.323. The van der Waals surface area contributed by atoms with Crippen molar-refractivity contribution in [3.05, 3.63) is 42.2 Å². The highest BCUT2D eigenvalue weighted by Crippen LogP contribution is 2.31. The normalized spacial score (nSPS) is 22.8. The minimum Gasteiger partial charge on any atom is -0.497 e. The van der Waals surface area contributed by atoms with E-state index in [-0.39, 0.29) is 0 Å². The average molecular weight is 380 g/mol. The van der Waals surface area contributed by atoms with Crippen LogP contribution in [0.25, 0.3) is 11.4 Å². The maximum absolute atomic E-state index is 12.3. The Morgan fingerprint density at radius 3 is 2.54 bits per heavy atom. The molecular formula is C22H28N4O2. The van der Waals surface area contributed by atoms with E-state index in [1.807, 2.05) is 36.7 Å². The van der Waals surface area contributed by atoms with Gasteiger partial charge < -0.3 is 9.64 Å². The van der Waals surface area contributed by atoms with Crippen LogP contribution in [0.2, 0.25) is 0 Å². The first-order valence-corrected chi connectivity index (χ1v) is 10.2. The van der Waals surface area contributed by atoms with Crippen molar-refractivity contribution in [1.29, 1.82) is 0 Å². The molecule has 2 aliphatic rings. The summed E-state index contributed by atoms with van der Waals surface area (Å²) >= 11 is 0. The largest absolute Gasteiger partial charge is 0.497 e. The zero-order valence-corrected chi connectivity index (χ0v) is 16.7. The first kappa shape index (κ1) is 18.9. The number of aromatic nitrogens is 2. The van der Waals surface area contributed by atoms with Crippen molar-refractivity contribution in [1.82, 2.24) is 19.8 Å². The molecule has 3 heterocycles. The Bertz CT molecular complexity index is 806. The Labute approximate surface area is 166 Å². The smallest absolute Gasteiger partial charge is 0.222 e. The van der Waals surface area contributed by atoms with Crippen LogP contribution in [-0.4, -0.2) is 58.0 Å². The second-order valence-corrected chi connectivity index (χ2v) is 7.61. The molecule has 0 radical (unpaired) electrons. The van der Waals surface area contributed by atoms with Gasteiger partial charge in [-0.2, -0.15) is 0 Å². The minimum atomic E-state index is 0.323. The number of likely N-dealkylation sites (tertiary alicyclic amines) is 2. The van der Waals surface area contributed by atoms with Crippen LogP contribution in [0.15, 0.2) is 36.7 Å². The molecule has 2 atom stereocenters. The number of hydrogen-bond acceptors (Lipinski definition) is 5. The topological polar surface area (TPSA) is 58.6 Å². The third-order valence-electron chi connectivity index (χ3n) is 6.02. The number of carbonyl (C=O) groups excluding carboxylic acids is 1. The summed E-state index contributed by atoms with van der Waals surface area (Å²) in [6.45, 7) is 4.78. The summed E-state index contributed by atoms with van der Waals surface area (Å²) in [6.07, 6.45) is 7.69. The lowest BCUT2D eigenvalue weighted by Crippen LogP contribution is -2.45. The zero-order chi connectivity index (χ0) is 19.5. The van der Waals surface area contributed by atoms with Gasteiger partial charge in [0.15, 0.2) is 5.82 Å². The standard InChI is InChI=1S/C22H28N4O2/c1-3-26-20-11-12-25(19(20)5-4-6-21(26)27)15-16-13-23-22(24-14-16)17-7-9-18(28-2)10-8-17/h7-10,13-14,19-20H,3-6,11-12,15H2,1-2H3/t19-,20-/m1/s1. The Hall–Kier alpha value is -2.47. The van der Waals surface area contributed by atoms with Crippen molar-refractivity contribution in [3.8, 4) is 17.1 Å². The molecule has 2 aromatic rings. The van der Waals surface area contributed by atoms with Crippen LogP contribution in [0.4, 0.5) is 0 Å². The number of carbonyl (C=O) groups is 1. The molecule has 0 aliphatic carbocycles. The summed E-state index contributed by atoms with van der Waals surface area (Å²) < 4.78 is 5.20. The van der Waals surface area contributed by atoms with E-state index in [0.29, 0.717) is 24.4 Å². The fourth-order valence-corrected chi connectivity index (χ4v) is 4.60.